The second-order valence-corrected chi connectivity index (χ2v) is 12.2. The van der Waals surface area contributed by atoms with Gasteiger partial charge in [0.1, 0.15) is 0 Å². The number of aromatic nitrogens is 3. The maximum Gasteiger partial charge on any atom is 0.265 e. The van der Waals surface area contributed by atoms with E-state index in [9.17, 15) is 14.3 Å². The first-order valence-corrected chi connectivity index (χ1v) is 13.8. The molecule has 1 aromatic heterocycles. The highest BCUT2D eigenvalue weighted by Gasteiger charge is 2.15. The van der Waals surface area contributed by atoms with Gasteiger partial charge in [0, 0.05) is 12.8 Å². The molecule has 0 spiro atoms. The van der Waals surface area contributed by atoms with Gasteiger partial charge < -0.3 is 28.6 Å². The van der Waals surface area contributed by atoms with Gasteiger partial charge in [-0.2, -0.15) is 0 Å². The van der Waals surface area contributed by atoms with Crippen molar-refractivity contribution in [1.82, 2.24) is 15.0 Å². The van der Waals surface area contributed by atoms with Crippen molar-refractivity contribution in [3.63, 3.8) is 0 Å². The fourth-order valence-electron chi connectivity index (χ4n) is 2.24. The van der Waals surface area contributed by atoms with Crippen LogP contribution < -0.4 is 4.89 Å². The van der Waals surface area contributed by atoms with Gasteiger partial charge in [0.25, 0.3) is 7.82 Å². The van der Waals surface area contributed by atoms with Crippen LogP contribution in [0.15, 0.2) is 6.20 Å². The minimum Gasteiger partial charge on any atom is -0.756 e. The van der Waals surface area contributed by atoms with Crippen molar-refractivity contribution < 1.29 is 33.1 Å². The van der Waals surface area contributed by atoms with E-state index >= 15 is 0 Å². The highest BCUT2D eigenvalue weighted by atomic mass is 31.2. The largest absolute Gasteiger partial charge is 0.756 e. The van der Waals surface area contributed by atoms with Crippen molar-refractivity contribution in [3.8, 4) is 0 Å². The third kappa shape index (κ3) is 15.0. The van der Waals surface area contributed by atoms with E-state index in [-0.39, 0.29) is 6.61 Å². The summed E-state index contributed by atoms with van der Waals surface area (Å²) in [7, 11) is -6.58. The molecule has 0 aromatic carbocycles. The Hall–Kier alpha value is -0.653. The summed E-state index contributed by atoms with van der Waals surface area (Å²) < 4.78 is 27.3. The number of hydrogen-bond acceptors (Lipinski definition) is 8. The molecule has 10 nitrogen and oxygen atoms in total. The molecule has 0 saturated heterocycles. The maximum atomic E-state index is 10.4. The van der Waals surface area contributed by atoms with Crippen molar-refractivity contribution in [2.75, 3.05) is 33.0 Å². The van der Waals surface area contributed by atoms with E-state index in [1.54, 1.807) is 4.68 Å². The van der Waals surface area contributed by atoms with Gasteiger partial charge >= 0.3 is 0 Å². The van der Waals surface area contributed by atoms with E-state index in [4.69, 9.17) is 14.4 Å². The number of phosphoric ester groups is 1. The lowest BCUT2D eigenvalue weighted by molar-refractivity contribution is -0.219. The summed E-state index contributed by atoms with van der Waals surface area (Å²) >= 11 is 0. The molecular formula is C15H31N3O7PSi-. The van der Waals surface area contributed by atoms with Crippen molar-refractivity contribution >= 4 is 16.1 Å². The van der Waals surface area contributed by atoms with Crippen LogP contribution in [0, 0.1) is 0 Å². The number of rotatable bonds is 16. The molecule has 12 heteroatoms. The van der Waals surface area contributed by atoms with E-state index in [1.807, 2.05) is 19.3 Å². The van der Waals surface area contributed by atoms with Crippen molar-refractivity contribution in [2.45, 2.75) is 51.4 Å². The molecule has 0 radical (unpaired) electrons. The molecule has 1 aromatic rings. The minimum atomic E-state index is -4.62. The number of unbranched alkanes of at least 4 members (excludes halogenated alkanes) is 1. The molecule has 0 aliphatic rings. The molecule has 0 aliphatic heterocycles. The van der Waals surface area contributed by atoms with E-state index in [2.05, 4.69) is 14.8 Å². The summed E-state index contributed by atoms with van der Waals surface area (Å²) in [5.41, 5.74) is 0.808. The zero-order valence-corrected chi connectivity index (χ0v) is 18.0. The molecule has 1 heterocycles. The van der Waals surface area contributed by atoms with E-state index in [1.165, 1.54) is 0 Å². The third-order valence-corrected chi connectivity index (χ3v) is 5.67. The van der Waals surface area contributed by atoms with Gasteiger partial charge in [0.15, 0.2) is 8.32 Å². The Morgan fingerprint density at radius 2 is 1.85 bits per heavy atom. The Labute approximate surface area is 161 Å². The van der Waals surface area contributed by atoms with Crippen LogP contribution in [0.3, 0.4) is 0 Å². The Morgan fingerprint density at radius 1 is 1.15 bits per heavy atom. The zero-order valence-electron chi connectivity index (χ0n) is 16.1. The monoisotopic (exact) mass is 424 g/mol. The number of aryl methyl sites for hydroxylation is 1. The topological polar surface area (TPSA) is 139 Å². The smallest absolute Gasteiger partial charge is 0.265 e. The van der Waals surface area contributed by atoms with Crippen LogP contribution in [0.4, 0.5) is 0 Å². The predicted molar refractivity (Wildman–Crippen MR) is 99.5 cm³/mol. The summed E-state index contributed by atoms with van der Waals surface area (Å²) in [6, 6.07) is 0.844. The molecule has 158 valence electrons. The zero-order chi connectivity index (χ0) is 20.2. The number of ether oxygens (including phenoxy) is 2. The molecule has 27 heavy (non-hydrogen) atoms. The molecule has 1 atom stereocenters. The van der Waals surface area contributed by atoms with Crippen LogP contribution in [0.25, 0.3) is 0 Å². The summed E-state index contributed by atoms with van der Waals surface area (Å²) in [6.07, 6.45) is 4.54. The lowest BCUT2D eigenvalue weighted by Crippen LogP contribution is -2.24. The lowest BCUT2D eigenvalue weighted by Gasteiger charge is -2.14. The van der Waals surface area contributed by atoms with E-state index in [0.717, 1.165) is 18.2 Å². The average Bonchev–Trinajstić information content (AvgIpc) is 2.98. The van der Waals surface area contributed by atoms with Crippen LogP contribution in [0.2, 0.25) is 19.1 Å². The molecule has 0 amide bonds. The molecule has 0 saturated carbocycles. The van der Waals surface area contributed by atoms with Gasteiger partial charge in [-0.05, 0) is 44.8 Å². The first-order chi connectivity index (χ1) is 12.7. The fourth-order valence-corrected chi connectivity index (χ4v) is 3.61. The molecule has 1 unspecified atom stereocenters. The Morgan fingerprint density at radius 3 is 2.52 bits per heavy atom. The highest BCUT2D eigenvalue weighted by Crippen LogP contribution is 2.30. The molecule has 1 rings (SSSR count). The molecular weight excluding hydrogens is 393 g/mol. The van der Waals surface area contributed by atoms with Crippen LogP contribution >= 0.6 is 7.82 Å². The SMILES string of the molecule is C[Si](C)(O)CCCOCCOCCn1cc(CCCCOP(=O)([O-])O)nn1. The molecule has 0 bridgehead atoms. The van der Waals surface area contributed by atoms with Crippen LogP contribution in [0.1, 0.15) is 25.0 Å². The highest BCUT2D eigenvalue weighted by molar-refractivity contribution is 7.44. The first-order valence-electron chi connectivity index (χ1n) is 9.11. The molecule has 0 fully saturated rings. The van der Waals surface area contributed by atoms with Gasteiger partial charge in [-0.25, -0.2) is 4.68 Å². The predicted octanol–water partition coefficient (Wildman–Crippen LogP) is 0.699. The number of nitrogens with zero attached hydrogens (tertiary/aromatic N) is 3. The summed E-state index contributed by atoms with van der Waals surface area (Å²) in [5.74, 6) is 0. The molecule has 2 N–H and O–H groups in total. The first kappa shape index (κ1) is 24.4. The fraction of sp³-hybridized carbons (Fsp3) is 0.867. The van der Waals surface area contributed by atoms with E-state index in [0.29, 0.717) is 52.2 Å². The average molecular weight is 424 g/mol. The van der Waals surface area contributed by atoms with Gasteiger partial charge in [-0.15, -0.1) is 5.10 Å². The maximum absolute atomic E-state index is 10.4. The minimum absolute atomic E-state index is 0.0407. The number of phosphoric acid groups is 1. The van der Waals surface area contributed by atoms with Gasteiger partial charge in [-0.1, -0.05) is 5.21 Å². The van der Waals surface area contributed by atoms with Crippen LogP contribution in [-0.4, -0.2) is 66.0 Å². The Balaban J connectivity index is 1.98. The van der Waals surface area contributed by atoms with Gasteiger partial charge in [0.05, 0.1) is 38.7 Å². The second-order valence-electron chi connectivity index (χ2n) is 6.87. The standard InChI is InChI=1S/C15H32N3O7PSi/c1-27(2,22)13-5-8-23-11-12-24-10-7-18-14-15(16-17-18)6-3-4-9-25-26(19,20)21/h14,22H,3-13H2,1-2H3,(H2,19,20,21)/p-1. The Kier molecular flexibility index (Phi) is 11.5. The van der Waals surface area contributed by atoms with Crippen molar-refractivity contribution in [1.29, 1.82) is 0 Å². The van der Waals surface area contributed by atoms with Crippen molar-refractivity contribution in [2.24, 2.45) is 0 Å². The van der Waals surface area contributed by atoms with E-state index < -0.39 is 16.1 Å². The summed E-state index contributed by atoms with van der Waals surface area (Å²) in [5, 5.41) is 8.05. The van der Waals surface area contributed by atoms with Crippen molar-refractivity contribution in [3.05, 3.63) is 11.9 Å². The summed E-state index contributed by atoms with van der Waals surface area (Å²) in [4.78, 5) is 28.6. The van der Waals surface area contributed by atoms with Crippen LogP contribution in [-0.2, 0) is 31.5 Å². The van der Waals surface area contributed by atoms with Gasteiger partial charge in [-0.3, -0.25) is 4.57 Å². The lowest BCUT2D eigenvalue weighted by atomic mass is 10.2. The number of hydrogen-bond donors (Lipinski definition) is 2. The van der Waals surface area contributed by atoms with Gasteiger partial charge in [0.2, 0.25) is 0 Å². The quantitative estimate of drug-likeness (QED) is 0.223. The molecule has 0 aliphatic carbocycles. The third-order valence-electron chi connectivity index (χ3n) is 3.58. The van der Waals surface area contributed by atoms with Crippen LogP contribution in [0.5, 0.6) is 0 Å². The normalized spacial score (nSPS) is 14.4. The second kappa shape index (κ2) is 12.7. The Bertz CT molecular complexity index is 562. The summed E-state index contributed by atoms with van der Waals surface area (Å²) in [6.45, 7) is 6.58.